The van der Waals surface area contributed by atoms with Gasteiger partial charge >= 0.3 is 17.9 Å². The average molecular weight is 1040 g/mol. The summed E-state index contributed by atoms with van der Waals surface area (Å²) in [6, 6.07) is 0. The van der Waals surface area contributed by atoms with Gasteiger partial charge in [-0.25, -0.2) is 0 Å². The zero-order valence-electron chi connectivity index (χ0n) is 49.9. The first-order chi connectivity index (χ1) is 36.5. The van der Waals surface area contributed by atoms with Crippen LogP contribution in [-0.2, 0) is 28.6 Å². The van der Waals surface area contributed by atoms with Crippen molar-refractivity contribution in [3.05, 3.63) is 36.5 Å². The predicted octanol–water partition coefficient (Wildman–Crippen LogP) is 22.4. The van der Waals surface area contributed by atoms with Gasteiger partial charge in [0.15, 0.2) is 6.10 Å². The molecule has 1 unspecified atom stereocenters. The summed E-state index contributed by atoms with van der Waals surface area (Å²) in [4.78, 5) is 38.1. The van der Waals surface area contributed by atoms with E-state index in [1.165, 1.54) is 250 Å². The van der Waals surface area contributed by atoms with Crippen LogP contribution in [0, 0.1) is 0 Å². The summed E-state index contributed by atoms with van der Waals surface area (Å²) in [5.41, 5.74) is 0. The summed E-state index contributed by atoms with van der Waals surface area (Å²) in [6.45, 7) is 6.67. The van der Waals surface area contributed by atoms with Gasteiger partial charge in [0.25, 0.3) is 0 Å². The van der Waals surface area contributed by atoms with Crippen LogP contribution in [0.4, 0.5) is 0 Å². The van der Waals surface area contributed by atoms with E-state index in [4.69, 9.17) is 14.2 Å². The van der Waals surface area contributed by atoms with Gasteiger partial charge in [-0.2, -0.15) is 0 Å². The zero-order valence-corrected chi connectivity index (χ0v) is 49.9. The van der Waals surface area contributed by atoms with Gasteiger partial charge in [-0.3, -0.25) is 14.4 Å². The van der Waals surface area contributed by atoms with Crippen molar-refractivity contribution in [3.63, 3.8) is 0 Å². The van der Waals surface area contributed by atoms with Crippen molar-refractivity contribution in [3.8, 4) is 0 Å². The predicted molar refractivity (Wildman–Crippen MR) is 321 cm³/mol. The zero-order chi connectivity index (χ0) is 53.6. The highest BCUT2D eigenvalue weighted by Crippen LogP contribution is 2.18. The molecule has 0 spiro atoms. The van der Waals surface area contributed by atoms with E-state index in [0.717, 1.165) is 70.6 Å². The molecule has 434 valence electrons. The largest absolute Gasteiger partial charge is 0.462 e. The second-order valence-corrected chi connectivity index (χ2v) is 22.4. The van der Waals surface area contributed by atoms with Crippen LogP contribution in [0.25, 0.3) is 0 Å². The highest BCUT2D eigenvalue weighted by Gasteiger charge is 2.19. The minimum atomic E-state index is -0.766. The van der Waals surface area contributed by atoms with Crippen molar-refractivity contribution in [1.29, 1.82) is 0 Å². The molecular weight excluding hydrogens is 913 g/mol. The molecule has 0 aliphatic heterocycles. The summed E-state index contributed by atoms with van der Waals surface area (Å²) in [7, 11) is 0. The van der Waals surface area contributed by atoms with E-state index >= 15 is 0 Å². The van der Waals surface area contributed by atoms with Crippen LogP contribution >= 0.6 is 0 Å². The van der Waals surface area contributed by atoms with Crippen LogP contribution < -0.4 is 0 Å². The van der Waals surface area contributed by atoms with E-state index in [1.54, 1.807) is 0 Å². The van der Waals surface area contributed by atoms with Gasteiger partial charge in [0.2, 0.25) is 0 Å². The smallest absolute Gasteiger partial charge is 0.306 e. The molecular formula is C68H126O6. The summed E-state index contributed by atoms with van der Waals surface area (Å²) in [5, 5.41) is 0. The molecule has 0 radical (unpaired) electrons. The van der Waals surface area contributed by atoms with E-state index in [0.29, 0.717) is 19.3 Å². The first-order valence-corrected chi connectivity index (χ1v) is 33.0. The Morgan fingerprint density at radius 3 is 0.757 bits per heavy atom. The number of allylic oxidation sites excluding steroid dienone is 6. The first-order valence-electron chi connectivity index (χ1n) is 33.0. The lowest BCUT2D eigenvalue weighted by Gasteiger charge is -2.18. The number of hydrogen-bond acceptors (Lipinski definition) is 6. The van der Waals surface area contributed by atoms with Crippen molar-refractivity contribution in [1.82, 2.24) is 0 Å². The fraction of sp³-hybridized carbons (Fsp3) is 0.868. The Morgan fingerprint density at radius 2 is 0.486 bits per heavy atom. The molecule has 0 heterocycles. The lowest BCUT2D eigenvalue weighted by molar-refractivity contribution is -0.167. The fourth-order valence-corrected chi connectivity index (χ4v) is 9.92. The van der Waals surface area contributed by atoms with Gasteiger partial charge in [-0.1, -0.05) is 320 Å². The minimum absolute atomic E-state index is 0.0657. The van der Waals surface area contributed by atoms with E-state index in [1.807, 2.05) is 0 Å². The lowest BCUT2D eigenvalue weighted by Crippen LogP contribution is -2.30. The van der Waals surface area contributed by atoms with Crippen molar-refractivity contribution in [2.45, 2.75) is 367 Å². The molecule has 0 amide bonds. The molecule has 0 bridgehead atoms. The number of ether oxygens (including phenoxy) is 3. The summed E-state index contributed by atoms with van der Waals surface area (Å²) < 4.78 is 16.9. The number of unbranched alkanes of at least 4 members (excludes halogenated alkanes) is 44. The Hall–Kier alpha value is -2.37. The molecule has 0 saturated heterocycles. The van der Waals surface area contributed by atoms with E-state index in [9.17, 15) is 14.4 Å². The topological polar surface area (TPSA) is 78.9 Å². The number of carbonyl (C=O) groups is 3. The van der Waals surface area contributed by atoms with Crippen LogP contribution in [0.15, 0.2) is 36.5 Å². The Kier molecular flexibility index (Phi) is 61.1. The SMILES string of the molecule is CCCCCCC/C=C\C/C=C\C/C=C\CCCCCCCCCCCCCCCCCCC(=O)OCC(COC(=O)CCCCCCCCCCC)OC(=O)CCCCCCCCCCCCCCCCCC. The summed E-state index contributed by atoms with van der Waals surface area (Å²) >= 11 is 0. The minimum Gasteiger partial charge on any atom is -0.462 e. The van der Waals surface area contributed by atoms with Crippen molar-refractivity contribution in [2.75, 3.05) is 13.2 Å². The van der Waals surface area contributed by atoms with Gasteiger partial charge in [-0.05, 0) is 57.8 Å². The van der Waals surface area contributed by atoms with Gasteiger partial charge < -0.3 is 14.2 Å². The molecule has 0 aromatic heterocycles. The average Bonchev–Trinajstić information content (AvgIpc) is 3.40. The third kappa shape index (κ3) is 60.5. The molecule has 6 nitrogen and oxygen atoms in total. The molecule has 0 N–H and O–H groups in total. The Labute approximate surface area is 461 Å². The molecule has 0 aliphatic carbocycles. The molecule has 0 fully saturated rings. The molecule has 0 saturated carbocycles. The third-order valence-electron chi connectivity index (χ3n) is 14.9. The second-order valence-electron chi connectivity index (χ2n) is 22.4. The van der Waals surface area contributed by atoms with Gasteiger partial charge in [0.05, 0.1) is 0 Å². The Balaban J connectivity index is 4.06. The third-order valence-corrected chi connectivity index (χ3v) is 14.9. The molecule has 1 atom stereocenters. The fourth-order valence-electron chi connectivity index (χ4n) is 9.92. The van der Waals surface area contributed by atoms with Crippen molar-refractivity contribution >= 4 is 17.9 Å². The number of hydrogen-bond donors (Lipinski definition) is 0. The summed E-state index contributed by atoms with van der Waals surface area (Å²) in [5.74, 6) is -0.844. The van der Waals surface area contributed by atoms with Crippen LogP contribution in [0.2, 0.25) is 0 Å². The quantitative estimate of drug-likeness (QED) is 0.0261. The highest BCUT2D eigenvalue weighted by atomic mass is 16.6. The van der Waals surface area contributed by atoms with E-state index in [2.05, 4.69) is 57.2 Å². The standard InChI is InChI=1S/C68H126O6/c1-4-7-10-13-16-19-21-23-25-27-28-29-30-31-32-33-34-35-36-37-38-39-40-41-43-44-46-49-52-55-58-61-67(70)73-64-65(63-72-66(69)60-57-54-51-48-18-15-12-9-6-3)74-68(71)62-59-56-53-50-47-45-42-26-24-22-20-17-14-11-8-5-2/h21,23,27-28,30-31,65H,4-20,22,24-26,29,32-64H2,1-3H3/b23-21-,28-27-,31-30-. The monoisotopic (exact) mass is 1040 g/mol. The highest BCUT2D eigenvalue weighted by molar-refractivity contribution is 5.71. The molecule has 74 heavy (non-hydrogen) atoms. The maximum absolute atomic E-state index is 12.9. The second kappa shape index (κ2) is 63.2. The Bertz CT molecular complexity index is 1240. The van der Waals surface area contributed by atoms with Gasteiger partial charge in [0.1, 0.15) is 13.2 Å². The van der Waals surface area contributed by atoms with Gasteiger partial charge in [0, 0.05) is 19.3 Å². The van der Waals surface area contributed by atoms with Crippen LogP contribution in [0.5, 0.6) is 0 Å². The maximum atomic E-state index is 12.9. The van der Waals surface area contributed by atoms with Gasteiger partial charge in [-0.15, -0.1) is 0 Å². The normalized spacial score (nSPS) is 12.2. The van der Waals surface area contributed by atoms with Crippen LogP contribution in [-0.4, -0.2) is 37.2 Å². The number of carbonyl (C=O) groups excluding carboxylic acids is 3. The lowest BCUT2D eigenvalue weighted by atomic mass is 10.0. The van der Waals surface area contributed by atoms with E-state index < -0.39 is 6.10 Å². The van der Waals surface area contributed by atoms with Crippen LogP contribution in [0.1, 0.15) is 361 Å². The van der Waals surface area contributed by atoms with E-state index in [-0.39, 0.29) is 31.1 Å². The molecule has 0 aliphatic rings. The van der Waals surface area contributed by atoms with Crippen molar-refractivity contribution < 1.29 is 28.6 Å². The van der Waals surface area contributed by atoms with Crippen LogP contribution in [0.3, 0.4) is 0 Å². The molecule has 0 rings (SSSR count). The number of esters is 3. The molecule has 6 heteroatoms. The molecule has 0 aromatic rings. The first kappa shape index (κ1) is 71.6. The summed E-state index contributed by atoms with van der Waals surface area (Å²) in [6.07, 6.45) is 77.5. The maximum Gasteiger partial charge on any atom is 0.306 e. The van der Waals surface area contributed by atoms with Crippen molar-refractivity contribution in [2.24, 2.45) is 0 Å². The Morgan fingerprint density at radius 1 is 0.270 bits per heavy atom. The molecule has 0 aromatic carbocycles. The number of rotatable bonds is 61.